The lowest BCUT2D eigenvalue weighted by atomic mass is 10.4. The maximum atomic E-state index is 11.9. The van der Waals surface area contributed by atoms with Crippen molar-refractivity contribution in [3.63, 3.8) is 0 Å². The van der Waals surface area contributed by atoms with Gasteiger partial charge in [0.25, 0.3) is 0 Å². The maximum absolute atomic E-state index is 11.9. The summed E-state index contributed by atoms with van der Waals surface area (Å²) in [6.45, 7) is 3.63. The average molecular weight is 175 g/mol. The lowest BCUT2D eigenvalue weighted by Crippen LogP contribution is -2.07. The van der Waals surface area contributed by atoms with Gasteiger partial charge in [-0.05, 0) is 0 Å². The zero-order chi connectivity index (χ0) is 9.19. The van der Waals surface area contributed by atoms with E-state index in [2.05, 4.69) is 11.7 Å². The predicted molar refractivity (Wildman–Crippen MR) is 36.3 cm³/mol. The molecule has 1 aromatic heterocycles. The zero-order valence-corrected chi connectivity index (χ0v) is 6.10. The van der Waals surface area contributed by atoms with E-state index in [0.717, 1.165) is 10.9 Å². The van der Waals surface area contributed by atoms with Crippen LogP contribution in [-0.2, 0) is 12.7 Å². The number of halogens is 3. The summed E-state index contributed by atoms with van der Waals surface area (Å²) in [5.41, 5.74) is -0.996. The smallest absolute Gasteiger partial charge is 0.268 e. The number of allylic oxidation sites excluding steroid dienone is 1. The molecule has 0 N–H and O–H groups in total. The van der Waals surface area contributed by atoms with Gasteiger partial charge >= 0.3 is 6.18 Å². The number of hydrogen-bond acceptors (Lipinski definition) is 1. The van der Waals surface area contributed by atoms with Crippen molar-refractivity contribution < 1.29 is 13.2 Å². The van der Waals surface area contributed by atoms with Gasteiger partial charge in [0.1, 0.15) is 0 Å². The SMILES string of the molecule is C=CCn1c[c]c(C(F)(F)F)n1. The molecular formula is C7H6F3N2. The summed E-state index contributed by atoms with van der Waals surface area (Å²) in [5, 5.41) is 3.24. The van der Waals surface area contributed by atoms with E-state index in [-0.39, 0.29) is 6.54 Å². The van der Waals surface area contributed by atoms with E-state index in [9.17, 15) is 13.2 Å². The molecule has 0 bridgehead atoms. The van der Waals surface area contributed by atoms with Crippen LogP contribution in [0, 0.1) is 6.07 Å². The molecule has 0 fully saturated rings. The highest BCUT2D eigenvalue weighted by Gasteiger charge is 2.33. The normalized spacial score (nSPS) is 11.6. The van der Waals surface area contributed by atoms with Crippen molar-refractivity contribution >= 4 is 0 Å². The average Bonchev–Trinajstić information content (AvgIpc) is 2.35. The van der Waals surface area contributed by atoms with Gasteiger partial charge in [-0.2, -0.15) is 18.3 Å². The fraction of sp³-hybridized carbons (Fsp3) is 0.286. The van der Waals surface area contributed by atoms with Crippen molar-refractivity contribution in [2.45, 2.75) is 12.7 Å². The molecule has 5 heteroatoms. The molecule has 0 amide bonds. The second kappa shape index (κ2) is 3.00. The van der Waals surface area contributed by atoms with E-state index in [4.69, 9.17) is 0 Å². The first-order valence-corrected chi connectivity index (χ1v) is 3.17. The van der Waals surface area contributed by atoms with Crippen LogP contribution in [0.4, 0.5) is 13.2 Å². The first kappa shape index (κ1) is 8.83. The number of aromatic nitrogens is 2. The summed E-state index contributed by atoms with van der Waals surface area (Å²) in [7, 11) is 0. The Morgan fingerprint density at radius 1 is 1.67 bits per heavy atom. The molecule has 0 atom stereocenters. The Morgan fingerprint density at radius 3 is 2.75 bits per heavy atom. The summed E-state index contributed by atoms with van der Waals surface area (Å²) in [4.78, 5) is 0. The van der Waals surface area contributed by atoms with E-state index < -0.39 is 11.9 Å². The van der Waals surface area contributed by atoms with Crippen LogP contribution in [0.1, 0.15) is 5.69 Å². The molecule has 0 saturated carbocycles. The van der Waals surface area contributed by atoms with Gasteiger partial charge in [0.15, 0.2) is 5.69 Å². The van der Waals surface area contributed by atoms with Crippen LogP contribution in [0.5, 0.6) is 0 Å². The van der Waals surface area contributed by atoms with E-state index in [1.165, 1.54) is 6.08 Å². The van der Waals surface area contributed by atoms with Crippen LogP contribution in [0.3, 0.4) is 0 Å². The molecule has 2 nitrogen and oxygen atoms in total. The lowest BCUT2D eigenvalue weighted by Gasteiger charge is -1.99. The van der Waals surface area contributed by atoms with Crippen molar-refractivity contribution in [3.05, 3.63) is 30.6 Å². The quantitative estimate of drug-likeness (QED) is 0.627. The first-order chi connectivity index (χ1) is 5.54. The predicted octanol–water partition coefficient (Wildman–Crippen LogP) is 1.89. The number of nitrogens with zero attached hydrogens (tertiary/aromatic N) is 2. The molecule has 0 unspecified atom stereocenters. The number of rotatable bonds is 2. The highest BCUT2D eigenvalue weighted by atomic mass is 19.4. The third-order valence-corrected chi connectivity index (χ3v) is 1.16. The monoisotopic (exact) mass is 175 g/mol. The largest absolute Gasteiger partial charge is 0.435 e. The van der Waals surface area contributed by atoms with Crippen LogP contribution in [-0.4, -0.2) is 9.78 Å². The molecular weight excluding hydrogens is 169 g/mol. The molecule has 1 heterocycles. The van der Waals surface area contributed by atoms with E-state index >= 15 is 0 Å². The van der Waals surface area contributed by atoms with Crippen molar-refractivity contribution in [1.29, 1.82) is 0 Å². The van der Waals surface area contributed by atoms with Gasteiger partial charge < -0.3 is 0 Å². The second-order valence-corrected chi connectivity index (χ2v) is 2.13. The molecule has 12 heavy (non-hydrogen) atoms. The fourth-order valence-corrected chi connectivity index (χ4v) is 0.686. The Morgan fingerprint density at radius 2 is 2.33 bits per heavy atom. The van der Waals surface area contributed by atoms with Crippen LogP contribution in [0.25, 0.3) is 0 Å². The van der Waals surface area contributed by atoms with Crippen LogP contribution in [0.15, 0.2) is 18.9 Å². The molecule has 0 spiro atoms. The van der Waals surface area contributed by atoms with Crippen LogP contribution >= 0.6 is 0 Å². The van der Waals surface area contributed by atoms with E-state index in [0.29, 0.717) is 0 Å². The third kappa shape index (κ3) is 1.87. The molecule has 0 aliphatic rings. The van der Waals surface area contributed by atoms with E-state index in [1.807, 2.05) is 6.07 Å². The zero-order valence-electron chi connectivity index (χ0n) is 6.10. The van der Waals surface area contributed by atoms with Gasteiger partial charge in [-0.25, -0.2) is 0 Å². The highest BCUT2D eigenvalue weighted by molar-refractivity contribution is 5.01. The second-order valence-electron chi connectivity index (χ2n) is 2.13. The minimum Gasteiger partial charge on any atom is -0.268 e. The topological polar surface area (TPSA) is 17.8 Å². The van der Waals surface area contributed by atoms with Gasteiger partial charge in [0.05, 0.1) is 6.54 Å². The van der Waals surface area contributed by atoms with Crippen LogP contribution < -0.4 is 0 Å². The Kier molecular flexibility index (Phi) is 2.21. The molecule has 0 aliphatic heterocycles. The molecule has 0 aromatic carbocycles. The molecule has 1 rings (SSSR count). The minimum atomic E-state index is -4.41. The Labute approximate surface area is 67.3 Å². The molecule has 0 saturated heterocycles. The lowest BCUT2D eigenvalue weighted by molar-refractivity contribution is -0.141. The van der Waals surface area contributed by atoms with Gasteiger partial charge in [-0.1, -0.05) is 6.08 Å². The van der Waals surface area contributed by atoms with Crippen molar-refractivity contribution in [3.8, 4) is 0 Å². The standard InChI is InChI=1S/C7H6F3N2/c1-2-4-12-5-3-6(11-12)7(8,9)10/h2,5H,1,4H2. The van der Waals surface area contributed by atoms with Gasteiger partial charge in [-0.15, -0.1) is 6.58 Å². The maximum Gasteiger partial charge on any atom is 0.435 e. The Balaban J connectivity index is 2.84. The summed E-state index contributed by atoms with van der Waals surface area (Å²) in [6.07, 6.45) is -1.81. The summed E-state index contributed by atoms with van der Waals surface area (Å²) >= 11 is 0. The van der Waals surface area contributed by atoms with Crippen molar-refractivity contribution in [2.24, 2.45) is 0 Å². The minimum absolute atomic E-state index is 0.257. The Hall–Kier alpha value is -1.26. The summed E-state index contributed by atoms with van der Waals surface area (Å²) in [6, 6.07) is 2.01. The Bertz CT molecular complexity index is 274. The summed E-state index contributed by atoms with van der Waals surface area (Å²) in [5.74, 6) is 0. The molecule has 1 aromatic rings. The van der Waals surface area contributed by atoms with E-state index in [1.54, 1.807) is 0 Å². The fourth-order valence-electron chi connectivity index (χ4n) is 0.686. The third-order valence-electron chi connectivity index (χ3n) is 1.16. The highest BCUT2D eigenvalue weighted by Crippen LogP contribution is 2.26. The first-order valence-electron chi connectivity index (χ1n) is 3.17. The van der Waals surface area contributed by atoms with Gasteiger partial charge in [0, 0.05) is 12.3 Å². The molecule has 1 radical (unpaired) electrons. The van der Waals surface area contributed by atoms with Gasteiger partial charge in [0.2, 0.25) is 0 Å². The molecule has 0 aliphatic carbocycles. The van der Waals surface area contributed by atoms with Gasteiger partial charge in [-0.3, -0.25) is 4.68 Å². The summed E-state index contributed by atoms with van der Waals surface area (Å²) < 4.78 is 36.8. The molecule has 65 valence electrons. The number of hydrogen-bond donors (Lipinski definition) is 0. The van der Waals surface area contributed by atoms with Crippen LogP contribution in [0.2, 0.25) is 0 Å². The van der Waals surface area contributed by atoms with Crippen molar-refractivity contribution in [2.75, 3.05) is 0 Å². The number of alkyl halides is 3. The van der Waals surface area contributed by atoms with Crippen molar-refractivity contribution in [1.82, 2.24) is 9.78 Å².